The molecule has 0 aliphatic rings. The second kappa shape index (κ2) is 8.07. The molecule has 0 saturated carbocycles. The number of aromatic nitrogens is 2. The molecule has 0 saturated heterocycles. The Morgan fingerprint density at radius 2 is 1.90 bits per heavy atom. The van der Waals surface area contributed by atoms with Gasteiger partial charge < -0.3 is 10.1 Å². The zero-order valence-corrected chi connectivity index (χ0v) is 17.5. The third kappa shape index (κ3) is 4.27. The number of alkyl halides is 3. The van der Waals surface area contributed by atoms with Gasteiger partial charge in [-0.05, 0) is 41.5 Å². The van der Waals surface area contributed by atoms with Crippen LogP contribution in [0.5, 0.6) is 5.75 Å². The maximum Gasteiger partial charge on any atom is 0.416 e. The van der Waals surface area contributed by atoms with Gasteiger partial charge in [-0.1, -0.05) is 24.3 Å². The molecule has 0 unspecified atom stereocenters. The highest BCUT2D eigenvalue weighted by Gasteiger charge is 2.30. The minimum atomic E-state index is -4.43. The summed E-state index contributed by atoms with van der Waals surface area (Å²) in [6.45, 7) is 0.424. The Labute approximate surface area is 179 Å². The molecule has 5 nitrogen and oxygen atoms in total. The Bertz CT molecular complexity index is 1310. The third-order valence-electron chi connectivity index (χ3n) is 4.81. The highest BCUT2D eigenvalue weighted by atomic mass is 32.1. The number of methoxy groups -OCH3 is 1. The standard InChI is InChI=1S/C22H18F3N3O2S/c1-28-20(29)19-17(27-21(28)26-12-13-5-3-8-16(9-13)30-2)11-18(31-19)14-6-4-7-15(10-14)22(23,24)25/h3-11H,12H2,1-2H3,(H,26,27). The van der Waals surface area contributed by atoms with Gasteiger partial charge in [0, 0.05) is 18.5 Å². The Balaban J connectivity index is 1.68. The first-order valence-corrected chi connectivity index (χ1v) is 10.1. The van der Waals surface area contributed by atoms with Crippen LogP contribution in [0, 0.1) is 0 Å². The van der Waals surface area contributed by atoms with Gasteiger partial charge in [0.15, 0.2) is 0 Å². The lowest BCUT2D eigenvalue weighted by Gasteiger charge is -2.10. The maximum atomic E-state index is 13.1. The summed E-state index contributed by atoms with van der Waals surface area (Å²) in [5, 5.41) is 3.14. The molecular weight excluding hydrogens is 427 g/mol. The molecule has 0 aliphatic carbocycles. The van der Waals surface area contributed by atoms with E-state index >= 15 is 0 Å². The SMILES string of the molecule is COc1cccc(CNc2nc3cc(-c4cccc(C(F)(F)F)c4)sc3c(=O)n2C)c1. The number of benzene rings is 2. The van der Waals surface area contributed by atoms with Gasteiger partial charge in [-0.3, -0.25) is 9.36 Å². The van der Waals surface area contributed by atoms with Crippen LogP contribution in [-0.2, 0) is 19.8 Å². The van der Waals surface area contributed by atoms with Gasteiger partial charge >= 0.3 is 6.18 Å². The highest BCUT2D eigenvalue weighted by molar-refractivity contribution is 7.22. The summed E-state index contributed by atoms with van der Waals surface area (Å²) in [6, 6.07) is 14.2. The maximum absolute atomic E-state index is 13.1. The van der Waals surface area contributed by atoms with Gasteiger partial charge in [0.2, 0.25) is 5.95 Å². The zero-order chi connectivity index (χ0) is 22.2. The number of rotatable bonds is 5. The van der Waals surface area contributed by atoms with Crippen molar-refractivity contribution < 1.29 is 17.9 Å². The number of fused-ring (bicyclic) bond motifs is 1. The van der Waals surface area contributed by atoms with E-state index in [1.807, 2.05) is 24.3 Å². The summed E-state index contributed by atoms with van der Waals surface area (Å²) >= 11 is 1.13. The second-order valence-electron chi connectivity index (χ2n) is 6.91. The minimum absolute atomic E-state index is 0.263. The summed E-state index contributed by atoms with van der Waals surface area (Å²) in [6.07, 6.45) is -4.43. The van der Waals surface area contributed by atoms with Crippen molar-refractivity contribution in [2.75, 3.05) is 12.4 Å². The van der Waals surface area contributed by atoms with E-state index in [9.17, 15) is 18.0 Å². The van der Waals surface area contributed by atoms with Crippen LogP contribution in [0.15, 0.2) is 59.4 Å². The van der Waals surface area contributed by atoms with Crippen LogP contribution in [-0.4, -0.2) is 16.7 Å². The normalized spacial score (nSPS) is 11.6. The number of thiophene rings is 1. The molecule has 2 heterocycles. The molecule has 160 valence electrons. The number of ether oxygens (including phenoxy) is 1. The number of hydrogen-bond donors (Lipinski definition) is 1. The zero-order valence-electron chi connectivity index (χ0n) is 16.7. The Morgan fingerprint density at radius 3 is 2.65 bits per heavy atom. The molecule has 9 heteroatoms. The predicted molar refractivity (Wildman–Crippen MR) is 116 cm³/mol. The van der Waals surface area contributed by atoms with Crippen LogP contribution < -0.4 is 15.6 Å². The van der Waals surface area contributed by atoms with Crippen LogP contribution in [0.1, 0.15) is 11.1 Å². The van der Waals surface area contributed by atoms with E-state index in [1.54, 1.807) is 26.3 Å². The van der Waals surface area contributed by atoms with Crippen LogP contribution >= 0.6 is 11.3 Å². The van der Waals surface area contributed by atoms with Crippen molar-refractivity contribution in [2.24, 2.45) is 7.05 Å². The van der Waals surface area contributed by atoms with E-state index in [2.05, 4.69) is 10.3 Å². The third-order valence-corrected chi connectivity index (χ3v) is 5.98. The molecule has 0 fully saturated rings. The van der Waals surface area contributed by atoms with E-state index in [-0.39, 0.29) is 5.56 Å². The number of nitrogens with zero attached hydrogens (tertiary/aromatic N) is 2. The van der Waals surface area contributed by atoms with Gasteiger partial charge in [-0.15, -0.1) is 11.3 Å². The first kappa shape index (κ1) is 20.9. The first-order chi connectivity index (χ1) is 14.8. The monoisotopic (exact) mass is 445 g/mol. The summed E-state index contributed by atoms with van der Waals surface area (Å²) in [5.41, 5.74) is 0.786. The lowest BCUT2D eigenvalue weighted by atomic mass is 10.1. The van der Waals surface area contributed by atoms with E-state index in [1.165, 1.54) is 10.6 Å². The lowest BCUT2D eigenvalue weighted by Crippen LogP contribution is -2.21. The second-order valence-corrected chi connectivity index (χ2v) is 7.96. The van der Waals surface area contributed by atoms with Crippen LogP contribution in [0.3, 0.4) is 0 Å². The minimum Gasteiger partial charge on any atom is -0.497 e. The number of hydrogen-bond acceptors (Lipinski definition) is 5. The number of anilines is 1. The van der Waals surface area contributed by atoms with Crippen LogP contribution in [0.2, 0.25) is 0 Å². The molecular formula is C22H18F3N3O2S. The molecule has 0 amide bonds. The van der Waals surface area contributed by atoms with Crippen molar-refractivity contribution >= 4 is 27.5 Å². The Hall–Kier alpha value is -3.33. The molecule has 1 N–H and O–H groups in total. The molecule has 0 atom stereocenters. The molecule has 2 aromatic carbocycles. The average molecular weight is 445 g/mol. The fraction of sp³-hybridized carbons (Fsp3) is 0.182. The molecule has 0 spiro atoms. The first-order valence-electron chi connectivity index (χ1n) is 9.31. The number of nitrogens with one attached hydrogen (secondary N) is 1. The smallest absolute Gasteiger partial charge is 0.416 e. The largest absolute Gasteiger partial charge is 0.497 e. The molecule has 4 aromatic rings. The van der Waals surface area contributed by atoms with Gasteiger partial charge in [-0.25, -0.2) is 4.98 Å². The van der Waals surface area contributed by atoms with Crippen molar-refractivity contribution in [3.63, 3.8) is 0 Å². The number of halogens is 3. The van der Waals surface area contributed by atoms with Crippen LogP contribution in [0.25, 0.3) is 20.7 Å². The summed E-state index contributed by atoms with van der Waals surface area (Å²) in [4.78, 5) is 17.9. The van der Waals surface area contributed by atoms with Crippen molar-refractivity contribution in [1.82, 2.24) is 9.55 Å². The molecule has 2 aromatic heterocycles. The molecule has 0 aliphatic heterocycles. The van der Waals surface area contributed by atoms with Gasteiger partial charge in [0.25, 0.3) is 5.56 Å². The van der Waals surface area contributed by atoms with Crippen molar-refractivity contribution in [3.05, 3.63) is 76.1 Å². The summed E-state index contributed by atoms with van der Waals surface area (Å²) in [7, 11) is 3.19. The molecule has 4 rings (SSSR count). The average Bonchev–Trinajstić information content (AvgIpc) is 3.19. The van der Waals surface area contributed by atoms with E-state index < -0.39 is 11.7 Å². The Morgan fingerprint density at radius 1 is 1.13 bits per heavy atom. The topological polar surface area (TPSA) is 56.1 Å². The van der Waals surface area contributed by atoms with Gasteiger partial charge in [-0.2, -0.15) is 13.2 Å². The molecule has 31 heavy (non-hydrogen) atoms. The predicted octanol–water partition coefficient (Wildman–Crippen LogP) is 5.30. The summed E-state index contributed by atoms with van der Waals surface area (Å²) in [5.74, 6) is 1.09. The fourth-order valence-corrected chi connectivity index (χ4v) is 4.24. The highest BCUT2D eigenvalue weighted by Crippen LogP contribution is 2.36. The van der Waals surface area contributed by atoms with Gasteiger partial charge in [0.05, 0.1) is 18.2 Å². The van der Waals surface area contributed by atoms with E-state index in [4.69, 9.17) is 4.74 Å². The van der Waals surface area contributed by atoms with E-state index in [0.717, 1.165) is 34.8 Å². The van der Waals surface area contributed by atoms with Crippen molar-refractivity contribution in [3.8, 4) is 16.2 Å². The Kier molecular flexibility index (Phi) is 5.45. The van der Waals surface area contributed by atoms with Crippen LogP contribution in [0.4, 0.5) is 19.1 Å². The quantitative estimate of drug-likeness (QED) is 0.453. The van der Waals surface area contributed by atoms with Gasteiger partial charge in [0.1, 0.15) is 10.4 Å². The molecule has 0 bridgehead atoms. The summed E-state index contributed by atoms with van der Waals surface area (Å²) < 4.78 is 46.2. The fourth-order valence-electron chi connectivity index (χ4n) is 3.17. The lowest BCUT2D eigenvalue weighted by molar-refractivity contribution is -0.137. The van der Waals surface area contributed by atoms with Crippen molar-refractivity contribution in [2.45, 2.75) is 12.7 Å². The van der Waals surface area contributed by atoms with E-state index in [0.29, 0.717) is 33.2 Å². The molecule has 0 radical (unpaired) electrons. The van der Waals surface area contributed by atoms with Crippen molar-refractivity contribution in [1.29, 1.82) is 0 Å².